The average Bonchev–Trinajstić information content (AvgIpc) is 2.28. The highest BCUT2D eigenvalue weighted by Gasteiger charge is 2.20. The van der Waals surface area contributed by atoms with Crippen LogP contribution in [0.15, 0.2) is 24.3 Å². The summed E-state index contributed by atoms with van der Waals surface area (Å²) in [6.07, 6.45) is 3.95. The number of thioether (sulfide) groups is 1. The number of hydrogen-bond acceptors (Lipinski definition) is 2. The normalized spacial score (nSPS) is 20.1. The number of aryl methyl sites for hydroxylation is 1. The van der Waals surface area contributed by atoms with Crippen molar-refractivity contribution in [1.82, 2.24) is 0 Å². The van der Waals surface area contributed by atoms with Gasteiger partial charge in [0.15, 0.2) is 0 Å². The number of benzene rings is 1. The van der Waals surface area contributed by atoms with Crippen LogP contribution in [0.2, 0.25) is 0 Å². The second-order valence-corrected chi connectivity index (χ2v) is 6.82. The highest BCUT2D eigenvalue weighted by atomic mass is 32.2. The van der Waals surface area contributed by atoms with E-state index in [0.717, 1.165) is 11.7 Å². The summed E-state index contributed by atoms with van der Waals surface area (Å²) in [6, 6.07) is 8.94. The van der Waals surface area contributed by atoms with Gasteiger partial charge in [0.05, 0.1) is 0 Å². The summed E-state index contributed by atoms with van der Waals surface area (Å²) < 4.78 is 0. The lowest BCUT2D eigenvalue weighted by Crippen LogP contribution is -2.35. The molecular formula is C15H23NS. The van der Waals surface area contributed by atoms with Gasteiger partial charge in [-0.3, -0.25) is 0 Å². The molecule has 0 fully saturated rings. The van der Waals surface area contributed by atoms with E-state index >= 15 is 0 Å². The minimum atomic E-state index is -0.0428. The van der Waals surface area contributed by atoms with Crippen molar-refractivity contribution in [3.05, 3.63) is 35.4 Å². The lowest BCUT2D eigenvalue weighted by molar-refractivity contribution is 0.582. The first-order valence-corrected chi connectivity index (χ1v) is 7.66. The van der Waals surface area contributed by atoms with Gasteiger partial charge in [0.1, 0.15) is 0 Å². The van der Waals surface area contributed by atoms with Gasteiger partial charge >= 0.3 is 0 Å². The molecule has 1 atom stereocenters. The van der Waals surface area contributed by atoms with E-state index < -0.39 is 0 Å². The molecule has 1 aromatic carbocycles. The second kappa shape index (κ2) is 5.45. The standard InChI is InChI=1S/C15H23NS/c1-15(2,16)11-17-10-13-8-5-7-12-6-3-4-9-14(12)13/h3-4,6,9,13H,5,7-8,10-11,16H2,1-2H3. The Hall–Kier alpha value is -0.470. The van der Waals surface area contributed by atoms with Crippen molar-refractivity contribution in [3.63, 3.8) is 0 Å². The first kappa shape index (κ1) is 13.0. The van der Waals surface area contributed by atoms with Crippen LogP contribution < -0.4 is 5.73 Å². The summed E-state index contributed by atoms with van der Waals surface area (Å²) in [5.74, 6) is 3.01. The predicted octanol–water partition coefficient (Wildman–Crippen LogP) is 3.58. The van der Waals surface area contributed by atoms with Crippen LogP contribution in [0.3, 0.4) is 0 Å². The van der Waals surface area contributed by atoms with E-state index in [-0.39, 0.29) is 5.54 Å². The summed E-state index contributed by atoms with van der Waals surface area (Å²) in [4.78, 5) is 0. The van der Waals surface area contributed by atoms with Crippen molar-refractivity contribution >= 4 is 11.8 Å². The SMILES string of the molecule is CC(C)(N)CSCC1CCCc2ccccc21. The number of fused-ring (bicyclic) bond motifs is 1. The Labute approximate surface area is 109 Å². The smallest absolute Gasteiger partial charge is 0.0188 e. The van der Waals surface area contributed by atoms with Crippen molar-refractivity contribution in [2.24, 2.45) is 5.73 Å². The monoisotopic (exact) mass is 249 g/mol. The van der Waals surface area contributed by atoms with E-state index in [0.29, 0.717) is 0 Å². The van der Waals surface area contributed by atoms with Crippen molar-refractivity contribution in [2.45, 2.75) is 44.6 Å². The van der Waals surface area contributed by atoms with E-state index in [9.17, 15) is 0 Å². The molecule has 1 unspecified atom stereocenters. The Bertz CT molecular complexity index is 367. The fourth-order valence-electron chi connectivity index (χ4n) is 2.49. The third kappa shape index (κ3) is 3.75. The van der Waals surface area contributed by atoms with Crippen LogP contribution in [0.1, 0.15) is 43.7 Å². The molecule has 2 N–H and O–H groups in total. The van der Waals surface area contributed by atoms with Gasteiger partial charge in [-0.1, -0.05) is 24.3 Å². The summed E-state index contributed by atoms with van der Waals surface area (Å²) >= 11 is 2.01. The molecule has 17 heavy (non-hydrogen) atoms. The Kier molecular flexibility index (Phi) is 4.16. The number of hydrogen-bond donors (Lipinski definition) is 1. The molecule has 0 spiro atoms. The number of rotatable bonds is 4. The Morgan fingerprint density at radius 3 is 2.88 bits per heavy atom. The van der Waals surface area contributed by atoms with Gasteiger partial charge in [-0.2, -0.15) is 11.8 Å². The van der Waals surface area contributed by atoms with Crippen LogP contribution in [0.25, 0.3) is 0 Å². The Balaban J connectivity index is 1.95. The van der Waals surface area contributed by atoms with Crippen LogP contribution in [-0.2, 0) is 6.42 Å². The van der Waals surface area contributed by atoms with E-state index in [1.807, 2.05) is 11.8 Å². The zero-order chi connectivity index (χ0) is 12.3. The van der Waals surface area contributed by atoms with Crippen LogP contribution in [0.4, 0.5) is 0 Å². The first-order chi connectivity index (χ1) is 8.06. The second-order valence-electron chi connectivity index (χ2n) is 5.79. The van der Waals surface area contributed by atoms with Gasteiger partial charge in [0.2, 0.25) is 0 Å². The van der Waals surface area contributed by atoms with Crippen molar-refractivity contribution in [3.8, 4) is 0 Å². The maximum atomic E-state index is 6.02. The molecule has 0 heterocycles. The van der Waals surface area contributed by atoms with Gasteiger partial charge < -0.3 is 5.73 Å². The zero-order valence-electron chi connectivity index (χ0n) is 10.9. The maximum absolute atomic E-state index is 6.02. The fraction of sp³-hybridized carbons (Fsp3) is 0.600. The minimum absolute atomic E-state index is 0.0428. The topological polar surface area (TPSA) is 26.0 Å². The van der Waals surface area contributed by atoms with Crippen molar-refractivity contribution in [2.75, 3.05) is 11.5 Å². The number of nitrogens with two attached hydrogens (primary N) is 1. The van der Waals surface area contributed by atoms with E-state index in [1.54, 1.807) is 11.1 Å². The third-order valence-electron chi connectivity index (χ3n) is 3.29. The van der Waals surface area contributed by atoms with Gasteiger partial charge in [0, 0.05) is 17.0 Å². The Morgan fingerprint density at radius 1 is 1.35 bits per heavy atom. The van der Waals surface area contributed by atoms with Gasteiger partial charge in [-0.25, -0.2) is 0 Å². The zero-order valence-corrected chi connectivity index (χ0v) is 11.7. The van der Waals surface area contributed by atoms with E-state index in [2.05, 4.69) is 38.1 Å². The fourth-order valence-corrected chi connectivity index (χ4v) is 3.77. The third-order valence-corrected chi connectivity index (χ3v) is 4.87. The van der Waals surface area contributed by atoms with Crippen molar-refractivity contribution in [1.29, 1.82) is 0 Å². The highest BCUT2D eigenvalue weighted by Crippen LogP contribution is 2.34. The summed E-state index contributed by atoms with van der Waals surface area (Å²) in [6.45, 7) is 4.21. The average molecular weight is 249 g/mol. The first-order valence-electron chi connectivity index (χ1n) is 6.51. The largest absolute Gasteiger partial charge is 0.325 e. The summed E-state index contributed by atoms with van der Waals surface area (Å²) in [5, 5.41) is 0. The summed E-state index contributed by atoms with van der Waals surface area (Å²) in [5.41, 5.74) is 9.13. The molecular weight excluding hydrogens is 226 g/mol. The molecule has 1 aliphatic carbocycles. The highest BCUT2D eigenvalue weighted by molar-refractivity contribution is 7.99. The molecule has 0 radical (unpaired) electrons. The van der Waals surface area contributed by atoms with E-state index in [1.165, 1.54) is 25.0 Å². The van der Waals surface area contributed by atoms with E-state index in [4.69, 9.17) is 5.73 Å². The molecule has 94 valence electrons. The molecule has 0 aliphatic heterocycles. The van der Waals surface area contributed by atoms with Crippen molar-refractivity contribution < 1.29 is 0 Å². The lowest BCUT2D eigenvalue weighted by atomic mass is 9.84. The van der Waals surface area contributed by atoms with Crippen LogP contribution in [-0.4, -0.2) is 17.0 Å². The summed E-state index contributed by atoms with van der Waals surface area (Å²) in [7, 11) is 0. The molecule has 2 heteroatoms. The minimum Gasteiger partial charge on any atom is -0.325 e. The molecule has 1 aromatic rings. The van der Waals surface area contributed by atoms with Crippen LogP contribution in [0, 0.1) is 0 Å². The molecule has 0 aromatic heterocycles. The quantitative estimate of drug-likeness (QED) is 0.882. The molecule has 0 saturated heterocycles. The molecule has 1 nitrogen and oxygen atoms in total. The van der Waals surface area contributed by atoms with Crippen LogP contribution >= 0.6 is 11.8 Å². The predicted molar refractivity (Wildman–Crippen MR) is 77.7 cm³/mol. The molecule has 0 bridgehead atoms. The molecule has 1 aliphatic rings. The maximum Gasteiger partial charge on any atom is 0.0188 e. The van der Waals surface area contributed by atoms with Gasteiger partial charge in [-0.15, -0.1) is 0 Å². The van der Waals surface area contributed by atoms with Crippen LogP contribution in [0.5, 0.6) is 0 Å². The van der Waals surface area contributed by atoms with Gasteiger partial charge in [0.25, 0.3) is 0 Å². The molecule has 0 saturated carbocycles. The molecule has 0 amide bonds. The molecule has 2 rings (SSSR count). The van der Waals surface area contributed by atoms with Gasteiger partial charge in [-0.05, 0) is 50.2 Å². The lowest BCUT2D eigenvalue weighted by Gasteiger charge is -2.26. The Morgan fingerprint density at radius 2 is 2.12 bits per heavy atom.